The molecule has 0 radical (unpaired) electrons. The van der Waals surface area contributed by atoms with Gasteiger partial charge < -0.3 is 19.6 Å². The second-order valence-electron chi connectivity index (χ2n) is 10.7. The molecule has 2 N–H and O–H groups in total. The van der Waals surface area contributed by atoms with Crippen LogP contribution in [0.1, 0.15) is 58.7 Å². The lowest BCUT2D eigenvalue weighted by Gasteiger charge is -2.36. The van der Waals surface area contributed by atoms with Crippen LogP contribution >= 0.6 is 0 Å². The van der Waals surface area contributed by atoms with Gasteiger partial charge in [0.05, 0.1) is 31.0 Å². The molecule has 0 bridgehead atoms. The van der Waals surface area contributed by atoms with Gasteiger partial charge in [-0.15, -0.1) is 0 Å². The van der Waals surface area contributed by atoms with Crippen LogP contribution < -0.4 is 15.6 Å². The number of nitrogens with one attached hydrogen (secondary N) is 2. The maximum absolute atomic E-state index is 14.1. The maximum atomic E-state index is 14.1. The number of piperidine rings is 1. The van der Waals surface area contributed by atoms with Crippen LogP contribution in [-0.2, 0) is 13.1 Å². The highest BCUT2D eigenvalue weighted by Crippen LogP contribution is 2.36. The van der Waals surface area contributed by atoms with E-state index in [0.717, 1.165) is 42.5 Å². The lowest BCUT2D eigenvalue weighted by Crippen LogP contribution is -2.36. The highest BCUT2D eigenvalue weighted by atomic mass is 19.1. The Kier molecular flexibility index (Phi) is 8.02. The van der Waals surface area contributed by atoms with E-state index in [1.54, 1.807) is 25.3 Å². The first-order valence-corrected chi connectivity index (χ1v) is 13.7. The summed E-state index contributed by atoms with van der Waals surface area (Å²) in [6, 6.07) is 11.6. The summed E-state index contributed by atoms with van der Waals surface area (Å²) >= 11 is 0. The van der Waals surface area contributed by atoms with Crippen molar-refractivity contribution in [2.75, 3.05) is 20.2 Å². The topological polar surface area (TPSA) is 92.2 Å². The first-order valence-electron chi connectivity index (χ1n) is 13.7. The minimum absolute atomic E-state index is 0.0582. The first kappa shape index (κ1) is 27.6. The number of halogens is 1. The number of carbonyl (C=O) groups excluding carboxylic acids is 1. The summed E-state index contributed by atoms with van der Waals surface area (Å²) in [5, 5.41) is 3.84. The Morgan fingerprint density at radius 1 is 1.23 bits per heavy atom. The number of methoxy groups -OCH3 is 1. The number of likely N-dealkylation sites (tertiary alicyclic amines) is 1. The number of pyridine rings is 2. The molecular weight excluding hydrogens is 509 g/mol. The van der Waals surface area contributed by atoms with E-state index in [-0.39, 0.29) is 29.9 Å². The lowest BCUT2D eigenvalue weighted by molar-refractivity contribution is 0.0951. The summed E-state index contributed by atoms with van der Waals surface area (Å²) in [4.78, 5) is 35.0. The minimum Gasteiger partial charge on any atom is -0.496 e. The van der Waals surface area contributed by atoms with E-state index in [4.69, 9.17) is 4.74 Å². The number of benzene rings is 1. The monoisotopic (exact) mass is 545 g/mol. The standard InChI is InChI=1S/C31H36FN5O3/c1-19-15-28(40-4)25(30(38)35-19)16-34-31(39)29-21(3)37(27-8-6-5-7-24(27)29)20(2)22-10-13-36(14-11-22)18-23-9-12-33-17-26(23)32/h5-9,12,15,17,20,22H,10-11,13-14,16,18H2,1-4H3,(H,34,39)(H,35,38). The van der Waals surface area contributed by atoms with Crippen LogP contribution in [0.15, 0.2) is 53.6 Å². The number of rotatable bonds is 8. The number of amides is 1. The van der Waals surface area contributed by atoms with Crippen molar-refractivity contribution in [3.05, 3.63) is 93.0 Å². The summed E-state index contributed by atoms with van der Waals surface area (Å²) in [5.74, 6) is 0.381. The Morgan fingerprint density at radius 2 is 1.98 bits per heavy atom. The van der Waals surface area contributed by atoms with Gasteiger partial charge in [-0.2, -0.15) is 0 Å². The molecule has 1 saturated heterocycles. The van der Waals surface area contributed by atoms with Gasteiger partial charge in [0.2, 0.25) is 0 Å². The van der Waals surface area contributed by atoms with E-state index in [9.17, 15) is 14.0 Å². The lowest BCUT2D eigenvalue weighted by atomic mass is 9.89. The van der Waals surface area contributed by atoms with Gasteiger partial charge in [0.25, 0.3) is 11.5 Å². The molecule has 8 nitrogen and oxygen atoms in total. The number of hydrogen-bond acceptors (Lipinski definition) is 5. The number of nitrogens with zero attached hydrogens (tertiary/aromatic N) is 3. The van der Waals surface area contributed by atoms with Crippen molar-refractivity contribution < 1.29 is 13.9 Å². The Balaban J connectivity index is 1.34. The van der Waals surface area contributed by atoms with Crippen molar-refractivity contribution in [2.24, 2.45) is 5.92 Å². The number of aromatic amines is 1. The van der Waals surface area contributed by atoms with Crippen LogP contribution in [0.3, 0.4) is 0 Å². The quantitative estimate of drug-likeness (QED) is 0.329. The molecule has 4 aromatic rings. The molecule has 0 aliphatic carbocycles. The number of hydrogen-bond donors (Lipinski definition) is 2. The van der Waals surface area contributed by atoms with Gasteiger partial charge in [0.1, 0.15) is 11.6 Å². The van der Waals surface area contributed by atoms with Gasteiger partial charge in [0.15, 0.2) is 0 Å². The third-order valence-corrected chi connectivity index (χ3v) is 8.23. The highest BCUT2D eigenvalue weighted by Gasteiger charge is 2.29. The fraction of sp³-hybridized carbons (Fsp3) is 0.387. The van der Waals surface area contributed by atoms with Crippen molar-refractivity contribution >= 4 is 16.8 Å². The smallest absolute Gasteiger partial charge is 0.256 e. The zero-order valence-electron chi connectivity index (χ0n) is 23.5. The van der Waals surface area contributed by atoms with Crippen LogP contribution in [0.2, 0.25) is 0 Å². The fourth-order valence-corrected chi connectivity index (χ4v) is 6.07. The summed E-state index contributed by atoms with van der Waals surface area (Å²) in [6.45, 7) is 8.41. The molecule has 40 heavy (non-hydrogen) atoms. The summed E-state index contributed by atoms with van der Waals surface area (Å²) < 4.78 is 21.8. The van der Waals surface area contributed by atoms with Crippen molar-refractivity contribution in [1.82, 2.24) is 24.8 Å². The summed E-state index contributed by atoms with van der Waals surface area (Å²) in [6.07, 6.45) is 4.87. The SMILES string of the molecule is COc1cc(C)[nH]c(=O)c1CNC(=O)c1c(C)n(C(C)C2CCN(Cc3ccncc3F)CC2)c2ccccc12. The van der Waals surface area contributed by atoms with Crippen LogP contribution in [-0.4, -0.2) is 45.5 Å². The molecule has 210 valence electrons. The second-order valence-corrected chi connectivity index (χ2v) is 10.7. The average molecular weight is 546 g/mol. The van der Waals surface area contributed by atoms with Crippen LogP contribution in [0.25, 0.3) is 10.9 Å². The molecule has 1 aliphatic heterocycles. The van der Waals surface area contributed by atoms with Gasteiger partial charge in [-0.05, 0) is 70.8 Å². The van der Waals surface area contributed by atoms with E-state index in [1.165, 1.54) is 13.3 Å². The van der Waals surface area contributed by atoms with Crippen LogP contribution in [0.4, 0.5) is 4.39 Å². The van der Waals surface area contributed by atoms with Crippen molar-refractivity contribution in [3.63, 3.8) is 0 Å². The first-order chi connectivity index (χ1) is 19.3. The van der Waals surface area contributed by atoms with Crippen LogP contribution in [0.5, 0.6) is 5.75 Å². The van der Waals surface area contributed by atoms with E-state index >= 15 is 0 Å². The molecule has 1 aliphatic rings. The van der Waals surface area contributed by atoms with E-state index < -0.39 is 0 Å². The molecule has 1 fully saturated rings. The number of ether oxygens (including phenoxy) is 1. The van der Waals surface area contributed by atoms with Gasteiger partial charge in [-0.1, -0.05) is 18.2 Å². The number of aromatic nitrogens is 3. The second kappa shape index (κ2) is 11.6. The predicted molar refractivity (Wildman–Crippen MR) is 153 cm³/mol. The molecule has 4 heterocycles. The summed E-state index contributed by atoms with van der Waals surface area (Å²) in [5.41, 5.74) is 4.02. The van der Waals surface area contributed by atoms with E-state index in [2.05, 4.69) is 37.7 Å². The molecule has 1 amide bonds. The fourth-order valence-electron chi connectivity index (χ4n) is 6.07. The minimum atomic E-state index is -0.275. The van der Waals surface area contributed by atoms with Crippen molar-refractivity contribution in [2.45, 2.75) is 52.7 Å². The predicted octanol–water partition coefficient (Wildman–Crippen LogP) is 4.89. The third-order valence-electron chi connectivity index (χ3n) is 8.23. The molecule has 3 aromatic heterocycles. The molecule has 0 saturated carbocycles. The Hall–Kier alpha value is -3.98. The molecule has 5 rings (SSSR count). The zero-order chi connectivity index (χ0) is 28.4. The Labute approximate surface area is 233 Å². The van der Waals surface area contributed by atoms with Crippen molar-refractivity contribution in [3.8, 4) is 5.75 Å². The number of aryl methyl sites for hydroxylation is 1. The third kappa shape index (κ3) is 5.38. The molecule has 0 spiro atoms. The Morgan fingerprint density at radius 3 is 2.70 bits per heavy atom. The molecule has 1 aromatic carbocycles. The zero-order valence-corrected chi connectivity index (χ0v) is 23.5. The van der Waals surface area contributed by atoms with Gasteiger partial charge in [-0.25, -0.2) is 4.39 Å². The largest absolute Gasteiger partial charge is 0.496 e. The molecule has 1 atom stereocenters. The summed E-state index contributed by atoms with van der Waals surface area (Å²) in [7, 11) is 1.51. The van der Waals surface area contributed by atoms with E-state index in [0.29, 0.717) is 40.6 Å². The number of H-pyrrole nitrogens is 1. The number of fused-ring (bicyclic) bond motifs is 1. The number of para-hydroxylation sites is 1. The maximum Gasteiger partial charge on any atom is 0.256 e. The molecular formula is C31H36FN5O3. The van der Waals surface area contributed by atoms with Crippen LogP contribution in [0, 0.1) is 25.6 Å². The number of carbonyl (C=O) groups is 1. The molecule has 1 unspecified atom stereocenters. The van der Waals surface area contributed by atoms with E-state index in [1.807, 2.05) is 25.1 Å². The Bertz CT molecular complexity index is 1590. The van der Waals surface area contributed by atoms with Gasteiger partial charge >= 0.3 is 0 Å². The normalized spacial score (nSPS) is 15.3. The highest BCUT2D eigenvalue weighted by molar-refractivity contribution is 6.08. The van der Waals surface area contributed by atoms with Gasteiger partial charge in [-0.3, -0.25) is 19.5 Å². The molecule has 9 heteroatoms. The van der Waals surface area contributed by atoms with Gasteiger partial charge in [0, 0.05) is 46.6 Å². The van der Waals surface area contributed by atoms with Crippen molar-refractivity contribution in [1.29, 1.82) is 0 Å². The average Bonchev–Trinajstić information content (AvgIpc) is 3.25.